The molecule has 0 spiro atoms. The van der Waals surface area contributed by atoms with Crippen LogP contribution in [0.3, 0.4) is 0 Å². The number of rotatable bonds is 1. The van der Waals surface area contributed by atoms with Crippen LogP contribution in [0.2, 0.25) is 0 Å². The molecule has 1 N–H and O–H groups in total. The van der Waals surface area contributed by atoms with Gasteiger partial charge < -0.3 is 10.0 Å². The number of nitrogens with zero attached hydrogens (tertiary/aromatic N) is 2. The van der Waals surface area contributed by atoms with Crippen molar-refractivity contribution in [1.29, 1.82) is 5.26 Å². The monoisotopic (exact) mass is 352 g/mol. The van der Waals surface area contributed by atoms with Gasteiger partial charge in [0, 0.05) is 19.0 Å². The molecule has 2 aliphatic rings. The maximum absolute atomic E-state index is 14.5. The fraction of sp³-hybridized carbons (Fsp3) is 0.562. The van der Waals surface area contributed by atoms with Crippen LogP contribution in [-0.2, 0) is 0 Å². The van der Waals surface area contributed by atoms with E-state index in [1.54, 1.807) is 12.1 Å². The fourth-order valence-corrected chi connectivity index (χ4v) is 4.08. The molecule has 1 aliphatic carbocycles. The van der Waals surface area contributed by atoms with Gasteiger partial charge in [-0.1, -0.05) is 12.8 Å². The quantitative estimate of drug-likeness (QED) is 0.839. The average Bonchev–Trinajstić information content (AvgIpc) is 2.49. The number of halogens is 2. The van der Waals surface area contributed by atoms with Crippen LogP contribution in [0.5, 0.6) is 0 Å². The summed E-state index contributed by atoms with van der Waals surface area (Å²) in [6.07, 6.45) is 4.79. The summed E-state index contributed by atoms with van der Waals surface area (Å²) in [6.45, 7) is 1.34. The number of aliphatic hydroxyl groups is 1. The highest BCUT2D eigenvalue weighted by Gasteiger charge is 2.43. The number of hydrogen-bond acceptors (Lipinski definition) is 3. The first-order valence-corrected chi connectivity index (χ1v) is 8.20. The molecule has 1 aromatic carbocycles. The van der Waals surface area contributed by atoms with E-state index in [-0.39, 0.29) is 16.2 Å². The summed E-state index contributed by atoms with van der Waals surface area (Å²) in [7, 11) is 0. The predicted molar refractivity (Wildman–Crippen MR) is 82.6 cm³/mol. The van der Waals surface area contributed by atoms with Gasteiger partial charge in [0.15, 0.2) is 5.82 Å². The van der Waals surface area contributed by atoms with Crippen LogP contribution >= 0.6 is 15.9 Å². The van der Waals surface area contributed by atoms with Gasteiger partial charge in [-0.15, -0.1) is 0 Å². The van der Waals surface area contributed by atoms with Crippen LogP contribution in [0.25, 0.3) is 0 Å². The molecule has 0 bridgehead atoms. The smallest absolute Gasteiger partial charge is 0.161 e. The normalized spacial score (nSPS) is 28.9. The van der Waals surface area contributed by atoms with E-state index < -0.39 is 5.60 Å². The summed E-state index contributed by atoms with van der Waals surface area (Å²) in [6, 6.07) is 5.29. The molecule has 1 saturated heterocycles. The molecular formula is C16H18BrFN2O. The Bertz CT molecular complexity index is 601. The van der Waals surface area contributed by atoms with Crippen molar-refractivity contribution >= 4 is 21.6 Å². The summed E-state index contributed by atoms with van der Waals surface area (Å²) in [5.74, 6) is -0.163. The molecule has 5 heteroatoms. The zero-order valence-electron chi connectivity index (χ0n) is 11.8. The Balaban J connectivity index is 1.86. The van der Waals surface area contributed by atoms with Crippen LogP contribution in [0.1, 0.15) is 37.7 Å². The number of nitriles is 1. The van der Waals surface area contributed by atoms with E-state index >= 15 is 0 Å². The van der Waals surface area contributed by atoms with E-state index in [2.05, 4.69) is 15.9 Å². The summed E-state index contributed by atoms with van der Waals surface area (Å²) >= 11 is 3.16. The lowest BCUT2D eigenvalue weighted by Gasteiger charge is -2.48. The van der Waals surface area contributed by atoms with Crippen molar-refractivity contribution < 1.29 is 9.50 Å². The Hall–Kier alpha value is -1.12. The van der Waals surface area contributed by atoms with E-state index in [0.29, 0.717) is 30.8 Å². The van der Waals surface area contributed by atoms with Crippen molar-refractivity contribution in [1.82, 2.24) is 0 Å². The number of benzene rings is 1. The SMILES string of the molecule is N#Cc1ccc(N2CCC3(O)CCCCC3C2)c(F)c1Br. The summed E-state index contributed by atoms with van der Waals surface area (Å²) < 4.78 is 14.7. The molecule has 1 saturated carbocycles. The number of hydrogen-bond donors (Lipinski definition) is 1. The second-order valence-electron chi connectivity index (χ2n) is 6.11. The lowest BCUT2D eigenvalue weighted by Crippen LogP contribution is -2.53. The van der Waals surface area contributed by atoms with E-state index in [1.165, 1.54) is 0 Å². The minimum absolute atomic E-state index is 0.216. The van der Waals surface area contributed by atoms with Gasteiger partial charge in [-0.2, -0.15) is 5.26 Å². The molecule has 21 heavy (non-hydrogen) atoms. The molecule has 2 unspecified atom stereocenters. The number of piperidine rings is 1. The standard InChI is InChI=1S/C16H18BrFN2O/c17-14-11(9-19)4-5-13(15(14)18)20-8-7-16(21)6-2-1-3-12(16)10-20/h4-5,12,21H,1-3,6-8,10H2. The minimum Gasteiger partial charge on any atom is -0.389 e. The van der Waals surface area contributed by atoms with Crippen molar-refractivity contribution in [3.05, 3.63) is 28.0 Å². The molecule has 1 aliphatic heterocycles. The number of anilines is 1. The molecule has 3 nitrogen and oxygen atoms in total. The predicted octanol–water partition coefficient (Wildman–Crippen LogP) is 3.59. The Morgan fingerprint density at radius 3 is 2.95 bits per heavy atom. The van der Waals surface area contributed by atoms with Crippen molar-refractivity contribution in [3.8, 4) is 6.07 Å². The third-order valence-electron chi connectivity index (χ3n) is 4.95. The molecular weight excluding hydrogens is 335 g/mol. The van der Waals surface area contributed by atoms with Crippen LogP contribution < -0.4 is 4.90 Å². The van der Waals surface area contributed by atoms with Crippen LogP contribution in [0.15, 0.2) is 16.6 Å². The largest absolute Gasteiger partial charge is 0.389 e. The Morgan fingerprint density at radius 1 is 1.38 bits per heavy atom. The van der Waals surface area contributed by atoms with Gasteiger partial charge in [0.2, 0.25) is 0 Å². The van der Waals surface area contributed by atoms with Gasteiger partial charge in [-0.3, -0.25) is 0 Å². The van der Waals surface area contributed by atoms with Crippen molar-refractivity contribution in [2.75, 3.05) is 18.0 Å². The topological polar surface area (TPSA) is 47.3 Å². The average molecular weight is 353 g/mol. The van der Waals surface area contributed by atoms with Crippen LogP contribution in [0.4, 0.5) is 10.1 Å². The zero-order valence-corrected chi connectivity index (χ0v) is 13.4. The summed E-state index contributed by atoms with van der Waals surface area (Å²) in [5, 5.41) is 19.6. The molecule has 0 aromatic heterocycles. The second kappa shape index (κ2) is 5.58. The maximum Gasteiger partial charge on any atom is 0.161 e. The molecule has 1 aromatic rings. The van der Waals surface area contributed by atoms with Gasteiger partial charge in [0.05, 0.1) is 21.3 Å². The lowest BCUT2D eigenvalue weighted by atomic mass is 9.71. The molecule has 3 rings (SSSR count). The molecule has 2 fully saturated rings. The summed E-state index contributed by atoms with van der Waals surface area (Å²) in [4.78, 5) is 2.01. The van der Waals surface area contributed by atoms with E-state index in [9.17, 15) is 9.50 Å². The fourth-order valence-electron chi connectivity index (χ4n) is 3.66. The minimum atomic E-state index is -0.560. The van der Waals surface area contributed by atoms with Gasteiger partial charge in [0.25, 0.3) is 0 Å². The highest BCUT2D eigenvalue weighted by Crippen LogP contribution is 2.41. The zero-order chi connectivity index (χ0) is 15.0. The van der Waals surface area contributed by atoms with Crippen molar-refractivity contribution in [2.24, 2.45) is 5.92 Å². The van der Waals surface area contributed by atoms with Gasteiger partial charge >= 0.3 is 0 Å². The Labute approximate surface area is 132 Å². The van der Waals surface area contributed by atoms with E-state index in [1.807, 2.05) is 11.0 Å². The highest BCUT2D eigenvalue weighted by molar-refractivity contribution is 9.10. The number of fused-ring (bicyclic) bond motifs is 1. The van der Waals surface area contributed by atoms with Gasteiger partial charge in [0.1, 0.15) is 6.07 Å². The third-order valence-corrected chi connectivity index (χ3v) is 5.73. The molecule has 1 heterocycles. The molecule has 112 valence electrons. The van der Waals surface area contributed by atoms with Crippen molar-refractivity contribution in [3.63, 3.8) is 0 Å². The molecule has 2 atom stereocenters. The van der Waals surface area contributed by atoms with Gasteiger partial charge in [-0.25, -0.2) is 4.39 Å². The third kappa shape index (κ3) is 2.56. The Kier molecular flexibility index (Phi) is 3.94. The highest BCUT2D eigenvalue weighted by atomic mass is 79.9. The van der Waals surface area contributed by atoms with Crippen LogP contribution in [-0.4, -0.2) is 23.8 Å². The lowest BCUT2D eigenvalue weighted by molar-refractivity contribution is -0.0613. The van der Waals surface area contributed by atoms with Crippen LogP contribution in [0, 0.1) is 23.1 Å². The first-order valence-electron chi connectivity index (χ1n) is 7.40. The van der Waals surface area contributed by atoms with E-state index in [0.717, 1.165) is 25.7 Å². The van der Waals surface area contributed by atoms with Crippen molar-refractivity contribution in [2.45, 2.75) is 37.7 Å². The summed E-state index contributed by atoms with van der Waals surface area (Å²) in [5.41, 5.74) is 0.269. The molecule has 0 amide bonds. The Morgan fingerprint density at radius 2 is 2.19 bits per heavy atom. The second-order valence-corrected chi connectivity index (χ2v) is 6.91. The molecule has 0 radical (unpaired) electrons. The van der Waals surface area contributed by atoms with E-state index in [4.69, 9.17) is 5.26 Å². The van der Waals surface area contributed by atoms with Gasteiger partial charge in [-0.05, 0) is 47.3 Å². The first-order chi connectivity index (χ1) is 10.0. The first kappa shape index (κ1) is 14.8. The maximum atomic E-state index is 14.5.